The molecule has 1 atom stereocenters. The summed E-state index contributed by atoms with van der Waals surface area (Å²) >= 11 is 13.6. The van der Waals surface area contributed by atoms with Gasteiger partial charge in [0.15, 0.2) is 0 Å². The molecule has 2 rings (SSSR count). The Morgan fingerprint density at radius 2 is 1.97 bits per heavy atom. The van der Waals surface area contributed by atoms with Gasteiger partial charge in [0.1, 0.15) is 11.8 Å². The lowest BCUT2D eigenvalue weighted by Crippen LogP contribution is -2.48. The highest BCUT2D eigenvalue weighted by molar-refractivity contribution is 7.99. The summed E-state index contributed by atoms with van der Waals surface area (Å²) < 4.78 is 5.28. The average Bonchev–Trinajstić information content (AvgIpc) is 2.74. The number of halogens is 2. The highest BCUT2D eigenvalue weighted by Gasteiger charge is 2.28. The van der Waals surface area contributed by atoms with Crippen LogP contribution in [-0.4, -0.2) is 42.7 Å². The maximum atomic E-state index is 13.1. The molecule has 2 aromatic carbocycles. The molecule has 162 valence electrons. The topological polar surface area (TPSA) is 58.6 Å². The molecule has 0 fully saturated rings. The van der Waals surface area contributed by atoms with E-state index in [9.17, 15) is 9.59 Å². The van der Waals surface area contributed by atoms with Gasteiger partial charge < -0.3 is 15.0 Å². The van der Waals surface area contributed by atoms with Gasteiger partial charge in [-0.05, 0) is 41.8 Å². The van der Waals surface area contributed by atoms with Crippen LogP contribution < -0.4 is 10.1 Å². The van der Waals surface area contributed by atoms with E-state index in [0.717, 1.165) is 11.1 Å². The lowest BCUT2D eigenvalue weighted by Gasteiger charge is -2.30. The number of carbonyl (C=O) groups is 2. The number of hydrogen-bond acceptors (Lipinski definition) is 4. The number of likely N-dealkylation sites (N-methyl/N-ethyl adjacent to an activating group) is 1. The van der Waals surface area contributed by atoms with Gasteiger partial charge in [0.25, 0.3) is 0 Å². The van der Waals surface area contributed by atoms with Crippen LogP contribution in [-0.2, 0) is 21.9 Å². The van der Waals surface area contributed by atoms with Crippen LogP contribution >= 0.6 is 35.0 Å². The molecule has 0 aromatic heterocycles. The molecule has 0 bridgehead atoms. The maximum Gasteiger partial charge on any atom is 0.242 e. The first-order chi connectivity index (χ1) is 14.4. The summed E-state index contributed by atoms with van der Waals surface area (Å²) in [5.41, 5.74) is 1.81. The van der Waals surface area contributed by atoms with E-state index < -0.39 is 6.04 Å². The standard InChI is InChI=1S/C22H26Cl2N2O3S/c1-4-20(22(28)25-2)26(12-15-6-5-7-18(10-15)29-3)21(27)14-30-13-16-8-9-17(23)11-19(16)24/h5-11,20H,4,12-14H2,1-3H3,(H,25,28)/t20-/m1/s1. The number of carbonyl (C=O) groups excluding carboxylic acids is 2. The third-order valence-corrected chi connectivity index (χ3v) is 6.17. The van der Waals surface area contributed by atoms with Crippen LogP contribution in [0.4, 0.5) is 0 Å². The van der Waals surface area contributed by atoms with E-state index in [1.165, 1.54) is 11.8 Å². The average molecular weight is 469 g/mol. The van der Waals surface area contributed by atoms with Crippen LogP contribution in [0.2, 0.25) is 10.0 Å². The van der Waals surface area contributed by atoms with Crippen LogP contribution in [0.5, 0.6) is 5.75 Å². The second-order valence-electron chi connectivity index (χ2n) is 6.64. The van der Waals surface area contributed by atoms with Crippen molar-refractivity contribution in [1.82, 2.24) is 10.2 Å². The smallest absolute Gasteiger partial charge is 0.242 e. The Morgan fingerprint density at radius 1 is 1.20 bits per heavy atom. The van der Waals surface area contributed by atoms with Gasteiger partial charge in [-0.25, -0.2) is 0 Å². The molecule has 0 spiro atoms. The van der Waals surface area contributed by atoms with Crippen molar-refractivity contribution in [3.63, 3.8) is 0 Å². The molecule has 2 aromatic rings. The number of nitrogens with one attached hydrogen (secondary N) is 1. The number of hydrogen-bond donors (Lipinski definition) is 1. The van der Waals surface area contributed by atoms with Crippen LogP contribution in [0.1, 0.15) is 24.5 Å². The number of benzene rings is 2. The number of methoxy groups -OCH3 is 1. The third kappa shape index (κ3) is 6.83. The third-order valence-electron chi connectivity index (χ3n) is 4.62. The first-order valence-corrected chi connectivity index (χ1v) is 11.5. The first-order valence-electron chi connectivity index (χ1n) is 9.55. The minimum atomic E-state index is -0.548. The summed E-state index contributed by atoms with van der Waals surface area (Å²) in [6, 6.07) is 12.3. The van der Waals surface area contributed by atoms with E-state index in [2.05, 4.69) is 5.32 Å². The molecule has 0 saturated heterocycles. The minimum absolute atomic E-state index is 0.108. The molecule has 5 nitrogen and oxygen atoms in total. The van der Waals surface area contributed by atoms with Gasteiger partial charge in [0, 0.05) is 29.4 Å². The second kappa shape index (κ2) is 12.1. The molecule has 30 heavy (non-hydrogen) atoms. The summed E-state index contributed by atoms with van der Waals surface area (Å²) in [5, 5.41) is 3.81. The maximum absolute atomic E-state index is 13.1. The fourth-order valence-electron chi connectivity index (χ4n) is 3.02. The van der Waals surface area contributed by atoms with E-state index in [0.29, 0.717) is 34.5 Å². The predicted octanol–water partition coefficient (Wildman–Crippen LogP) is 4.79. The normalized spacial score (nSPS) is 11.6. The number of rotatable bonds is 10. The van der Waals surface area contributed by atoms with E-state index in [-0.39, 0.29) is 17.6 Å². The molecular weight excluding hydrogens is 443 g/mol. The van der Waals surface area contributed by atoms with Crippen molar-refractivity contribution < 1.29 is 14.3 Å². The fraction of sp³-hybridized carbons (Fsp3) is 0.364. The molecule has 0 radical (unpaired) electrons. The molecular formula is C22H26Cl2N2O3S. The van der Waals surface area contributed by atoms with Crippen molar-refractivity contribution >= 4 is 46.8 Å². The van der Waals surface area contributed by atoms with Crippen molar-refractivity contribution in [3.05, 3.63) is 63.6 Å². The van der Waals surface area contributed by atoms with Crippen LogP contribution in [0.25, 0.3) is 0 Å². The number of thioether (sulfide) groups is 1. The fourth-order valence-corrected chi connectivity index (χ4v) is 4.49. The summed E-state index contributed by atoms with van der Waals surface area (Å²) in [4.78, 5) is 27.1. The van der Waals surface area contributed by atoms with Gasteiger partial charge >= 0.3 is 0 Å². The first kappa shape index (κ1) is 24.4. The van der Waals surface area contributed by atoms with Gasteiger partial charge in [-0.15, -0.1) is 11.8 Å². The molecule has 0 saturated carbocycles. The zero-order valence-corrected chi connectivity index (χ0v) is 19.6. The Balaban J connectivity index is 2.13. The monoisotopic (exact) mass is 468 g/mol. The summed E-state index contributed by atoms with van der Waals surface area (Å²) in [6.45, 7) is 2.22. The van der Waals surface area contributed by atoms with E-state index in [4.69, 9.17) is 27.9 Å². The highest BCUT2D eigenvalue weighted by Crippen LogP contribution is 2.25. The number of amides is 2. The van der Waals surface area contributed by atoms with Crippen LogP contribution in [0.3, 0.4) is 0 Å². The van der Waals surface area contributed by atoms with Gasteiger partial charge in [-0.2, -0.15) is 0 Å². The van der Waals surface area contributed by atoms with E-state index >= 15 is 0 Å². The van der Waals surface area contributed by atoms with Crippen molar-refractivity contribution in [1.29, 1.82) is 0 Å². The van der Waals surface area contributed by atoms with Crippen molar-refractivity contribution in [2.45, 2.75) is 31.7 Å². The second-order valence-corrected chi connectivity index (χ2v) is 8.47. The van der Waals surface area contributed by atoms with Crippen molar-refractivity contribution in [2.75, 3.05) is 19.9 Å². The van der Waals surface area contributed by atoms with Crippen molar-refractivity contribution in [2.24, 2.45) is 0 Å². The Kier molecular flexibility index (Phi) is 9.82. The van der Waals surface area contributed by atoms with Gasteiger partial charge in [0.2, 0.25) is 11.8 Å². The summed E-state index contributed by atoms with van der Waals surface area (Å²) in [5.74, 6) is 1.23. The Hall–Kier alpha value is -1.89. The highest BCUT2D eigenvalue weighted by atomic mass is 35.5. The zero-order valence-electron chi connectivity index (χ0n) is 17.3. The Labute approximate surface area is 192 Å². The summed E-state index contributed by atoms with van der Waals surface area (Å²) in [7, 11) is 3.18. The molecule has 0 aliphatic heterocycles. The zero-order chi connectivity index (χ0) is 22.1. The lowest BCUT2D eigenvalue weighted by molar-refractivity contribution is -0.139. The lowest BCUT2D eigenvalue weighted by atomic mass is 10.1. The predicted molar refractivity (Wildman–Crippen MR) is 124 cm³/mol. The summed E-state index contributed by atoms with van der Waals surface area (Å²) in [6.07, 6.45) is 0.517. The quantitative estimate of drug-likeness (QED) is 0.544. The van der Waals surface area contributed by atoms with Crippen LogP contribution in [0.15, 0.2) is 42.5 Å². The number of ether oxygens (including phenoxy) is 1. The van der Waals surface area contributed by atoms with Gasteiger partial charge in [0.05, 0.1) is 12.9 Å². The van der Waals surface area contributed by atoms with Gasteiger partial charge in [-0.1, -0.05) is 48.3 Å². The molecule has 0 unspecified atom stereocenters. The van der Waals surface area contributed by atoms with Crippen LogP contribution in [0, 0.1) is 0 Å². The molecule has 0 aliphatic rings. The molecule has 2 amide bonds. The minimum Gasteiger partial charge on any atom is -0.497 e. The molecule has 0 aliphatic carbocycles. The molecule has 0 heterocycles. The Morgan fingerprint density at radius 3 is 2.60 bits per heavy atom. The SMILES string of the molecule is CC[C@H](C(=O)NC)N(Cc1cccc(OC)c1)C(=O)CSCc1ccc(Cl)cc1Cl. The number of nitrogens with zero attached hydrogens (tertiary/aromatic N) is 1. The van der Waals surface area contributed by atoms with E-state index in [1.807, 2.05) is 37.3 Å². The van der Waals surface area contributed by atoms with Gasteiger partial charge in [-0.3, -0.25) is 9.59 Å². The molecule has 1 N–H and O–H groups in total. The van der Waals surface area contributed by atoms with E-state index in [1.54, 1.807) is 31.2 Å². The van der Waals surface area contributed by atoms with Crippen molar-refractivity contribution in [3.8, 4) is 5.75 Å². The largest absolute Gasteiger partial charge is 0.497 e. The molecule has 8 heteroatoms. The Bertz CT molecular complexity index is 879.